The quantitative estimate of drug-likeness (QED) is 0.216. The first-order valence-corrected chi connectivity index (χ1v) is 13.2. The zero-order valence-electron chi connectivity index (χ0n) is 20.9. The number of hydrogen-bond acceptors (Lipinski definition) is 0. The van der Waals surface area contributed by atoms with Crippen molar-refractivity contribution in [3.05, 3.63) is 146 Å². The monoisotopic (exact) mass is 480 g/mol. The van der Waals surface area contributed by atoms with E-state index in [9.17, 15) is 0 Å². The minimum absolute atomic E-state index is 1.25. The molecular weight excluding hydrogens is 456 g/mol. The maximum atomic E-state index is 2.31. The molecule has 0 saturated heterocycles. The molecule has 8 aromatic carbocycles. The highest BCUT2D eigenvalue weighted by Crippen LogP contribution is 2.38. The van der Waals surface area contributed by atoms with Gasteiger partial charge in [0.25, 0.3) is 0 Å². The van der Waals surface area contributed by atoms with Gasteiger partial charge in [0, 0.05) is 0 Å². The van der Waals surface area contributed by atoms with Gasteiger partial charge in [0.15, 0.2) is 0 Å². The minimum Gasteiger partial charge on any atom is -0.0622 e. The van der Waals surface area contributed by atoms with Gasteiger partial charge in [0.2, 0.25) is 0 Å². The Morgan fingerprint density at radius 3 is 0.921 bits per heavy atom. The summed E-state index contributed by atoms with van der Waals surface area (Å²) >= 11 is 0. The lowest BCUT2D eigenvalue weighted by Crippen LogP contribution is -1.85. The Bertz CT molecular complexity index is 2000. The van der Waals surface area contributed by atoms with Crippen LogP contribution < -0.4 is 0 Å². The van der Waals surface area contributed by atoms with Crippen LogP contribution in [0.4, 0.5) is 0 Å². The first-order chi connectivity index (χ1) is 18.8. The molecule has 8 aromatic rings. The molecule has 0 aromatic heterocycles. The molecule has 0 saturated carbocycles. The molecule has 0 nitrogen and oxygen atoms in total. The van der Waals surface area contributed by atoms with Gasteiger partial charge in [-0.05, 0) is 88.2 Å². The van der Waals surface area contributed by atoms with Crippen molar-refractivity contribution in [1.82, 2.24) is 0 Å². The van der Waals surface area contributed by atoms with E-state index in [0.717, 1.165) is 0 Å². The fraction of sp³-hybridized carbons (Fsp3) is 0. The summed E-state index contributed by atoms with van der Waals surface area (Å²) in [5, 5.41) is 13.0. The summed E-state index contributed by atoms with van der Waals surface area (Å²) in [7, 11) is 0. The molecule has 0 radical (unpaired) electrons. The first-order valence-electron chi connectivity index (χ1n) is 13.2. The van der Waals surface area contributed by atoms with E-state index in [1.54, 1.807) is 0 Å². The van der Waals surface area contributed by atoms with Crippen LogP contribution in [-0.2, 0) is 0 Å². The average molecular weight is 481 g/mol. The molecular formula is C38H24. The fourth-order valence-corrected chi connectivity index (χ4v) is 6.14. The molecule has 0 spiro atoms. The third-order valence-electron chi connectivity index (χ3n) is 8.04. The lowest BCUT2D eigenvalue weighted by molar-refractivity contribution is 1.65. The Hall–Kier alpha value is -4.94. The van der Waals surface area contributed by atoms with Crippen LogP contribution in [0.1, 0.15) is 0 Å². The maximum Gasteiger partial charge on any atom is -0.00987 e. The van der Waals surface area contributed by atoms with Gasteiger partial charge < -0.3 is 0 Å². The molecule has 0 atom stereocenters. The third kappa shape index (κ3) is 3.24. The Labute approximate surface area is 221 Å². The number of fused-ring (bicyclic) bond motifs is 9. The molecule has 0 fully saturated rings. The van der Waals surface area contributed by atoms with Crippen LogP contribution in [0.15, 0.2) is 146 Å². The molecule has 8 rings (SSSR count). The lowest BCUT2D eigenvalue weighted by atomic mass is 9.91. The van der Waals surface area contributed by atoms with E-state index in [2.05, 4.69) is 146 Å². The Balaban J connectivity index is 1.31. The normalized spacial score (nSPS) is 11.7. The predicted molar refractivity (Wildman–Crippen MR) is 165 cm³/mol. The van der Waals surface area contributed by atoms with Gasteiger partial charge in [-0.2, -0.15) is 0 Å². The molecule has 0 amide bonds. The van der Waals surface area contributed by atoms with E-state index in [1.807, 2.05) is 0 Å². The van der Waals surface area contributed by atoms with Crippen molar-refractivity contribution in [2.45, 2.75) is 0 Å². The highest BCUT2D eigenvalue weighted by molar-refractivity contribution is 6.25. The molecule has 38 heavy (non-hydrogen) atoms. The Morgan fingerprint density at radius 2 is 0.526 bits per heavy atom. The van der Waals surface area contributed by atoms with Crippen LogP contribution >= 0.6 is 0 Å². The fourth-order valence-electron chi connectivity index (χ4n) is 6.14. The molecule has 0 unspecified atom stereocenters. The third-order valence-corrected chi connectivity index (χ3v) is 8.04. The molecule has 0 aliphatic carbocycles. The SMILES string of the molecule is c1ccc(-c2ccc3c(ccc4c3ccc3c5ccc6cc(-c7ccccc7)ccc6c5ccc43)c2)cc1. The highest BCUT2D eigenvalue weighted by Gasteiger charge is 2.10. The second kappa shape index (κ2) is 8.30. The van der Waals surface area contributed by atoms with E-state index in [1.165, 1.54) is 76.1 Å². The van der Waals surface area contributed by atoms with Crippen molar-refractivity contribution >= 4 is 53.9 Å². The lowest BCUT2D eigenvalue weighted by Gasteiger charge is -2.13. The van der Waals surface area contributed by atoms with E-state index >= 15 is 0 Å². The molecule has 0 bridgehead atoms. The molecule has 0 N–H and O–H groups in total. The standard InChI is InChI=1S/C38H24/c1-3-7-25(8-4-1)27-11-15-31-29(23-27)13-17-35-33(31)19-21-38-36-18-14-30-24-28(26-9-5-2-6-10-26)12-16-32(30)34(36)20-22-37(35)38/h1-24H. The number of benzene rings is 8. The van der Waals surface area contributed by atoms with Gasteiger partial charge >= 0.3 is 0 Å². The smallest absolute Gasteiger partial charge is 0.00987 e. The van der Waals surface area contributed by atoms with E-state index in [-0.39, 0.29) is 0 Å². The van der Waals surface area contributed by atoms with Crippen LogP contribution in [0.25, 0.3) is 76.1 Å². The Morgan fingerprint density at radius 1 is 0.211 bits per heavy atom. The minimum atomic E-state index is 1.25. The van der Waals surface area contributed by atoms with Crippen molar-refractivity contribution in [3.8, 4) is 22.3 Å². The highest BCUT2D eigenvalue weighted by atomic mass is 14.1. The summed E-state index contributed by atoms with van der Waals surface area (Å²) in [6, 6.07) is 53.3. The first kappa shape index (κ1) is 21.2. The van der Waals surface area contributed by atoms with Crippen LogP contribution in [-0.4, -0.2) is 0 Å². The largest absolute Gasteiger partial charge is 0.0622 e. The van der Waals surface area contributed by atoms with Crippen LogP contribution in [0, 0.1) is 0 Å². The van der Waals surface area contributed by atoms with E-state index in [0.29, 0.717) is 0 Å². The number of hydrogen-bond donors (Lipinski definition) is 0. The van der Waals surface area contributed by atoms with E-state index in [4.69, 9.17) is 0 Å². The van der Waals surface area contributed by atoms with Gasteiger partial charge in [-0.15, -0.1) is 0 Å². The molecule has 0 aliphatic heterocycles. The van der Waals surface area contributed by atoms with Crippen molar-refractivity contribution < 1.29 is 0 Å². The second-order valence-corrected chi connectivity index (χ2v) is 10.2. The van der Waals surface area contributed by atoms with Gasteiger partial charge in [-0.25, -0.2) is 0 Å². The Kier molecular flexibility index (Phi) is 4.62. The molecule has 0 heterocycles. The average Bonchev–Trinajstić information content (AvgIpc) is 3.00. The summed E-state index contributed by atoms with van der Waals surface area (Å²) in [6.45, 7) is 0. The summed E-state index contributed by atoms with van der Waals surface area (Å²) in [4.78, 5) is 0. The summed E-state index contributed by atoms with van der Waals surface area (Å²) in [5.41, 5.74) is 5.02. The van der Waals surface area contributed by atoms with Gasteiger partial charge in [0.1, 0.15) is 0 Å². The zero-order chi connectivity index (χ0) is 25.1. The van der Waals surface area contributed by atoms with Crippen molar-refractivity contribution in [1.29, 1.82) is 0 Å². The van der Waals surface area contributed by atoms with Gasteiger partial charge in [-0.1, -0.05) is 133 Å². The van der Waals surface area contributed by atoms with Crippen LogP contribution in [0.5, 0.6) is 0 Å². The topological polar surface area (TPSA) is 0 Å². The van der Waals surface area contributed by atoms with Crippen molar-refractivity contribution in [3.63, 3.8) is 0 Å². The van der Waals surface area contributed by atoms with Gasteiger partial charge in [-0.3, -0.25) is 0 Å². The van der Waals surface area contributed by atoms with Gasteiger partial charge in [0.05, 0.1) is 0 Å². The summed E-state index contributed by atoms with van der Waals surface area (Å²) in [6.07, 6.45) is 0. The summed E-state index contributed by atoms with van der Waals surface area (Å²) < 4.78 is 0. The predicted octanol–water partition coefficient (Wildman–Crippen LogP) is 10.8. The van der Waals surface area contributed by atoms with E-state index < -0.39 is 0 Å². The maximum absolute atomic E-state index is 2.31. The van der Waals surface area contributed by atoms with Crippen molar-refractivity contribution in [2.75, 3.05) is 0 Å². The number of rotatable bonds is 2. The summed E-state index contributed by atoms with van der Waals surface area (Å²) in [5.74, 6) is 0. The van der Waals surface area contributed by atoms with Crippen LogP contribution in [0.2, 0.25) is 0 Å². The van der Waals surface area contributed by atoms with Crippen molar-refractivity contribution in [2.24, 2.45) is 0 Å². The molecule has 0 heteroatoms. The molecule has 0 aliphatic rings. The second-order valence-electron chi connectivity index (χ2n) is 10.2. The van der Waals surface area contributed by atoms with Crippen LogP contribution in [0.3, 0.4) is 0 Å². The zero-order valence-corrected chi connectivity index (χ0v) is 20.9. The molecule has 176 valence electrons.